The molecule has 1 aliphatic heterocycles. The number of rotatable bonds is 3. The molecule has 1 N–H and O–H groups in total. The summed E-state index contributed by atoms with van der Waals surface area (Å²) in [5.74, 6) is 3.51. The van der Waals surface area contributed by atoms with Gasteiger partial charge in [0.1, 0.15) is 0 Å². The number of benzene rings is 1. The van der Waals surface area contributed by atoms with Crippen LogP contribution in [-0.2, 0) is 6.42 Å². The Morgan fingerprint density at radius 2 is 1.94 bits per heavy atom. The van der Waals surface area contributed by atoms with Crippen LogP contribution in [0.4, 0.5) is 0 Å². The SMILES string of the molecule is Cc1cc(C)cc(CC(O)C2CSCCS2)c1. The molecule has 1 aliphatic rings. The molecule has 1 aromatic rings. The van der Waals surface area contributed by atoms with Crippen LogP contribution in [0.3, 0.4) is 0 Å². The van der Waals surface area contributed by atoms with E-state index in [0.29, 0.717) is 5.25 Å². The highest BCUT2D eigenvalue weighted by molar-refractivity contribution is 8.06. The molecule has 17 heavy (non-hydrogen) atoms. The molecule has 0 spiro atoms. The largest absolute Gasteiger partial charge is 0.392 e. The van der Waals surface area contributed by atoms with Crippen molar-refractivity contribution in [2.75, 3.05) is 17.3 Å². The van der Waals surface area contributed by atoms with Crippen LogP contribution < -0.4 is 0 Å². The van der Waals surface area contributed by atoms with Crippen molar-refractivity contribution in [3.8, 4) is 0 Å². The second-order valence-electron chi connectivity index (χ2n) is 4.75. The van der Waals surface area contributed by atoms with E-state index >= 15 is 0 Å². The average Bonchev–Trinajstić information content (AvgIpc) is 2.28. The average molecular weight is 268 g/mol. The van der Waals surface area contributed by atoms with E-state index in [9.17, 15) is 5.11 Å². The van der Waals surface area contributed by atoms with Crippen molar-refractivity contribution in [2.45, 2.75) is 31.6 Å². The first-order chi connectivity index (χ1) is 8.15. The summed E-state index contributed by atoms with van der Waals surface area (Å²) in [6.07, 6.45) is 0.592. The zero-order valence-corrected chi connectivity index (χ0v) is 12.1. The Labute approximate surface area is 112 Å². The van der Waals surface area contributed by atoms with Gasteiger partial charge < -0.3 is 5.11 Å². The number of hydrogen-bond donors (Lipinski definition) is 1. The summed E-state index contributed by atoms with van der Waals surface area (Å²) >= 11 is 3.90. The van der Waals surface area contributed by atoms with E-state index in [-0.39, 0.29) is 6.10 Å². The van der Waals surface area contributed by atoms with Gasteiger partial charge >= 0.3 is 0 Å². The summed E-state index contributed by atoms with van der Waals surface area (Å²) in [6, 6.07) is 6.56. The molecule has 0 radical (unpaired) electrons. The fraction of sp³-hybridized carbons (Fsp3) is 0.571. The fourth-order valence-electron chi connectivity index (χ4n) is 2.29. The zero-order valence-electron chi connectivity index (χ0n) is 10.5. The lowest BCUT2D eigenvalue weighted by Crippen LogP contribution is -2.30. The van der Waals surface area contributed by atoms with Crippen LogP contribution >= 0.6 is 23.5 Å². The van der Waals surface area contributed by atoms with Crippen LogP contribution in [-0.4, -0.2) is 33.7 Å². The van der Waals surface area contributed by atoms with Crippen molar-refractivity contribution >= 4 is 23.5 Å². The minimum absolute atomic E-state index is 0.200. The third-order valence-electron chi connectivity index (χ3n) is 3.00. The summed E-state index contributed by atoms with van der Waals surface area (Å²) in [6.45, 7) is 4.24. The highest BCUT2D eigenvalue weighted by atomic mass is 32.2. The van der Waals surface area contributed by atoms with Gasteiger partial charge in [0, 0.05) is 22.5 Å². The first-order valence-electron chi connectivity index (χ1n) is 6.10. The summed E-state index contributed by atoms with van der Waals surface area (Å²) in [5, 5.41) is 10.7. The predicted octanol–water partition coefficient (Wildman–Crippen LogP) is 3.06. The molecule has 1 aromatic carbocycles. The molecular weight excluding hydrogens is 248 g/mol. The standard InChI is InChI=1S/C14H20OS2/c1-10-5-11(2)7-12(6-10)8-13(15)14-9-16-3-4-17-14/h5-7,13-15H,3-4,8-9H2,1-2H3. The number of thioether (sulfide) groups is 2. The van der Waals surface area contributed by atoms with Crippen LogP contribution in [0.25, 0.3) is 0 Å². The summed E-state index contributed by atoms with van der Waals surface area (Å²) in [4.78, 5) is 0. The van der Waals surface area contributed by atoms with Crippen LogP contribution in [0.2, 0.25) is 0 Å². The molecule has 3 heteroatoms. The summed E-state index contributed by atoms with van der Waals surface area (Å²) in [7, 11) is 0. The molecule has 1 saturated heterocycles. The van der Waals surface area contributed by atoms with E-state index in [0.717, 1.165) is 12.2 Å². The van der Waals surface area contributed by atoms with Gasteiger partial charge in [-0.05, 0) is 25.8 Å². The molecule has 2 unspecified atom stereocenters. The fourth-order valence-corrected chi connectivity index (χ4v) is 5.06. The van der Waals surface area contributed by atoms with E-state index < -0.39 is 0 Å². The van der Waals surface area contributed by atoms with Crippen LogP contribution in [0, 0.1) is 13.8 Å². The maximum atomic E-state index is 10.3. The van der Waals surface area contributed by atoms with E-state index in [2.05, 4.69) is 32.0 Å². The van der Waals surface area contributed by atoms with Gasteiger partial charge in [-0.25, -0.2) is 0 Å². The smallest absolute Gasteiger partial charge is 0.0707 e. The van der Waals surface area contributed by atoms with Gasteiger partial charge in [-0.15, -0.1) is 0 Å². The van der Waals surface area contributed by atoms with Crippen molar-refractivity contribution in [2.24, 2.45) is 0 Å². The minimum atomic E-state index is -0.200. The molecule has 0 aliphatic carbocycles. The predicted molar refractivity (Wildman–Crippen MR) is 79.2 cm³/mol. The van der Waals surface area contributed by atoms with Gasteiger partial charge in [0.25, 0.3) is 0 Å². The Balaban J connectivity index is 1.99. The molecule has 0 aromatic heterocycles. The van der Waals surface area contributed by atoms with Crippen LogP contribution in [0.5, 0.6) is 0 Å². The molecule has 1 fully saturated rings. The Bertz CT molecular complexity index is 352. The molecule has 1 nitrogen and oxygen atoms in total. The highest BCUT2D eigenvalue weighted by Crippen LogP contribution is 2.28. The first-order valence-corrected chi connectivity index (χ1v) is 8.30. The summed E-state index contributed by atoms with van der Waals surface area (Å²) in [5.41, 5.74) is 3.85. The second kappa shape index (κ2) is 6.17. The van der Waals surface area contributed by atoms with Gasteiger partial charge in [0.15, 0.2) is 0 Å². The lowest BCUT2D eigenvalue weighted by Gasteiger charge is -2.26. The van der Waals surface area contributed by atoms with Gasteiger partial charge in [0.05, 0.1) is 6.10 Å². The molecule has 94 valence electrons. The first kappa shape index (κ1) is 13.3. The van der Waals surface area contributed by atoms with Gasteiger partial charge in [-0.1, -0.05) is 29.3 Å². The van der Waals surface area contributed by atoms with Crippen molar-refractivity contribution in [3.05, 3.63) is 34.9 Å². The van der Waals surface area contributed by atoms with E-state index in [4.69, 9.17) is 0 Å². The lowest BCUT2D eigenvalue weighted by atomic mass is 10.0. The normalized spacial score (nSPS) is 22.4. The highest BCUT2D eigenvalue weighted by Gasteiger charge is 2.22. The third kappa shape index (κ3) is 3.94. The molecular formula is C14H20OS2. The number of hydrogen-bond acceptors (Lipinski definition) is 3. The lowest BCUT2D eigenvalue weighted by molar-refractivity contribution is 0.177. The zero-order chi connectivity index (χ0) is 12.3. The Hall–Kier alpha value is -0.120. The number of aliphatic hydroxyl groups excluding tert-OH is 1. The van der Waals surface area contributed by atoms with Crippen molar-refractivity contribution in [1.82, 2.24) is 0 Å². The third-order valence-corrected chi connectivity index (χ3v) is 5.90. The van der Waals surface area contributed by atoms with E-state index in [1.807, 2.05) is 23.5 Å². The Morgan fingerprint density at radius 1 is 1.24 bits per heavy atom. The summed E-state index contributed by atoms with van der Waals surface area (Å²) < 4.78 is 0. The maximum Gasteiger partial charge on any atom is 0.0707 e. The van der Waals surface area contributed by atoms with Gasteiger partial charge in [0.2, 0.25) is 0 Å². The number of aryl methyl sites for hydroxylation is 2. The molecule has 2 rings (SSSR count). The molecule has 0 saturated carbocycles. The van der Waals surface area contributed by atoms with Crippen molar-refractivity contribution in [1.29, 1.82) is 0 Å². The van der Waals surface area contributed by atoms with Crippen molar-refractivity contribution < 1.29 is 5.11 Å². The maximum absolute atomic E-state index is 10.3. The quantitative estimate of drug-likeness (QED) is 0.910. The van der Waals surface area contributed by atoms with Gasteiger partial charge in [-0.2, -0.15) is 23.5 Å². The monoisotopic (exact) mass is 268 g/mol. The second-order valence-corrected chi connectivity index (χ2v) is 7.25. The van der Waals surface area contributed by atoms with Gasteiger partial charge in [-0.3, -0.25) is 0 Å². The minimum Gasteiger partial charge on any atom is -0.392 e. The van der Waals surface area contributed by atoms with Crippen molar-refractivity contribution in [3.63, 3.8) is 0 Å². The molecule has 0 bridgehead atoms. The van der Waals surface area contributed by atoms with E-state index in [1.54, 1.807) is 0 Å². The van der Waals surface area contributed by atoms with E-state index in [1.165, 1.54) is 28.2 Å². The molecule has 2 atom stereocenters. The Kier molecular flexibility index (Phi) is 4.83. The van der Waals surface area contributed by atoms with Crippen LogP contribution in [0.1, 0.15) is 16.7 Å². The molecule has 0 amide bonds. The molecule has 1 heterocycles. The van der Waals surface area contributed by atoms with Crippen LogP contribution in [0.15, 0.2) is 18.2 Å². The topological polar surface area (TPSA) is 20.2 Å². The Morgan fingerprint density at radius 3 is 2.53 bits per heavy atom. The number of aliphatic hydroxyl groups is 1.